The molecule has 1 atom stereocenters. The number of urea groups is 1. The maximum Gasteiger partial charge on any atom is 0.345 e. The van der Waals surface area contributed by atoms with E-state index in [4.69, 9.17) is 37.5 Å². The lowest BCUT2D eigenvalue weighted by Crippen LogP contribution is -2.30. The quantitative estimate of drug-likeness (QED) is 0.632. The molecule has 1 unspecified atom stereocenters. The molecule has 8 heteroatoms. The van der Waals surface area contributed by atoms with Gasteiger partial charge in [0, 0.05) is 24.7 Å². The summed E-state index contributed by atoms with van der Waals surface area (Å²) in [5.41, 5.74) is 0.563. The van der Waals surface area contributed by atoms with Crippen LogP contribution in [0.1, 0.15) is 6.42 Å². The first-order valence-corrected chi connectivity index (χ1v) is 7.40. The number of halogens is 2. The van der Waals surface area contributed by atoms with Crippen LogP contribution < -0.4 is 14.8 Å². The highest BCUT2D eigenvalue weighted by Crippen LogP contribution is 2.53. The summed E-state index contributed by atoms with van der Waals surface area (Å²) in [5.74, 6) is 1.19. The number of hydroxylamine groups is 2. The molecule has 1 aliphatic carbocycles. The maximum atomic E-state index is 11.7. The average molecular weight is 349 g/mol. The molecule has 0 heterocycles. The van der Waals surface area contributed by atoms with Gasteiger partial charge in [-0.1, -0.05) is 0 Å². The Morgan fingerprint density at radius 2 is 2.09 bits per heavy atom. The number of benzene rings is 1. The second kappa shape index (κ2) is 6.81. The van der Waals surface area contributed by atoms with E-state index in [9.17, 15) is 4.79 Å². The molecule has 0 saturated heterocycles. The summed E-state index contributed by atoms with van der Waals surface area (Å²) >= 11 is 11.9. The summed E-state index contributed by atoms with van der Waals surface area (Å²) in [6, 6.07) is 4.69. The summed E-state index contributed by atoms with van der Waals surface area (Å²) in [5, 5.41) is 3.74. The highest BCUT2D eigenvalue weighted by atomic mass is 35.5. The lowest BCUT2D eigenvalue weighted by Gasteiger charge is -2.16. The predicted octanol–water partition coefficient (Wildman–Crippen LogP) is 3.29. The van der Waals surface area contributed by atoms with Gasteiger partial charge in [-0.3, -0.25) is 4.84 Å². The van der Waals surface area contributed by atoms with E-state index in [1.807, 2.05) is 0 Å². The third-order valence-electron chi connectivity index (χ3n) is 3.37. The third-order valence-corrected chi connectivity index (χ3v) is 4.30. The molecule has 122 valence electrons. The van der Waals surface area contributed by atoms with Crippen LogP contribution in [0.4, 0.5) is 10.5 Å². The fourth-order valence-electron chi connectivity index (χ4n) is 1.79. The molecule has 2 rings (SSSR count). The van der Waals surface area contributed by atoms with Crippen LogP contribution in [0.15, 0.2) is 18.2 Å². The van der Waals surface area contributed by atoms with Crippen LogP contribution >= 0.6 is 23.2 Å². The average Bonchev–Trinajstić information content (AvgIpc) is 3.11. The SMILES string of the molecule is COc1cc(NC(=O)N(C)OC)ccc1OCC1CC1(Cl)Cl. The Kier molecular flexibility index (Phi) is 5.26. The minimum absolute atomic E-state index is 0.121. The summed E-state index contributed by atoms with van der Waals surface area (Å²) in [6.07, 6.45) is 0.718. The molecule has 1 saturated carbocycles. The van der Waals surface area contributed by atoms with Crippen LogP contribution in [0.3, 0.4) is 0 Å². The number of ether oxygens (including phenoxy) is 2. The van der Waals surface area contributed by atoms with Crippen molar-refractivity contribution in [3.8, 4) is 11.5 Å². The van der Waals surface area contributed by atoms with Crippen molar-refractivity contribution in [3.05, 3.63) is 18.2 Å². The number of hydrogen-bond acceptors (Lipinski definition) is 4. The lowest BCUT2D eigenvalue weighted by atomic mass is 10.2. The lowest BCUT2D eigenvalue weighted by molar-refractivity contribution is -0.0598. The Hall–Kier alpha value is -1.37. The Morgan fingerprint density at radius 3 is 2.64 bits per heavy atom. The first-order chi connectivity index (χ1) is 10.4. The van der Waals surface area contributed by atoms with Gasteiger partial charge in [-0.25, -0.2) is 9.86 Å². The van der Waals surface area contributed by atoms with Crippen molar-refractivity contribution in [1.82, 2.24) is 5.06 Å². The van der Waals surface area contributed by atoms with E-state index in [0.717, 1.165) is 11.5 Å². The molecular formula is C14H18Cl2N2O4. The van der Waals surface area contributed by atoms with Crippen LogP contribution in [0.2, 0.25) is 0 Å². The standard InChI is InChI=1S/C14H18Cl2N2O4/c1-18(21-3)13(19)17-10-4-5-11(12(6-10)20-2)22-8-9-7-14(9,15)16/h4-6,9H,7-8H2,1-3H3,(H,17,19). The molecule has 0 bridgehead atoms. The zero-order chi connectivity index (χ0) is 16.3. The summed E-state index contributed by atoms with van der Waals surface area (Å²) in [4.78, 5) is 16.5. The van der Waals surface area contributed by atoms with Crippen LogP contribution in [0.25, 0.3) is 0 Å². The Morgan fingerprint density at radius 1 is 1.41 bits per heavy atom. The van der Waals surface area contributed by atoms with Crippen LogP contribution in [-0.2, 0) is 4.84 Å². The van der Waals surface area contributed by atoms with E-state index in [1.54, 1.807) is 18.2 Å². The number of rotatable bonds is 6. The molecule has 22 heavy (non-hydrogen) atoms. The van der Waals surface area contributed by atoms with Crippen LogP contribution in [0.5, 0.6) is 11.5 Å². The van der Waals surface area contributed by atoms with E-state index < -0.39 is 10.4 Å². The van der Waals surface area contributed by atoms with Crippen molar-refractivity contribution in [1.29, 1.82) is 0 Å². The molecule has 0 aliphatic heterocycles. The van der Waals surface area contributed by atoms with Crippen molar-refractivity contribution in [2.45, 2.75) is 10.8 Å². The van der Waals surface area contributed by atoms with Gasteiger partial charge < -0.3 is 14.8 Å². The van der Waals surface area contributed by atoms with Crippen molar-refractivity contribution in [2.24, 2.45) is 5.92 Å². The minimum Gasteiger partial charge on any atom is -0.493 e. The maximum absolute atomic E-state index is 11.7. The van der Waals surface area contributed by atoms with Gasteiger partial charge in [-0.15, -0.1) is 23.2 Å². The van der Waals surface area contributed by atoms with Crippen LogP contribution in [0, 0.1) is 5.92 Å². The monoisotopic (exact) mass is 348 g/mol. The molecule has 0 radical (unpaired) electrons. The van der Waals surface area contributed by atoms with Crippen LogP contribution in [-0.4, -0.2) is 43.3 Å². The number of anilines is 1. The molecule has 0 aromatic heterocycles. The van der Waals surface area contributed by atoms with Crippen molar-refractivity contribution in [2.75, 3.05) is 33.2 Å². The van der Waals surface area contributed by atoms with Gasteiger partial charge in [0.2, 0.25) is 0 Å². The molecular weight excluding hydrogens is 331 g/mol. The number of amides is 2. The van der Waals surface area contributed by atoms with Crippen molar-refractivity contribution in [3.63, 3.8) is 0 Å². The minimum atomic E-state index is -0.675. The number of alkyl halides is 2. The van der Waals surface area contributed by atoms with Gasteiger partial charge in [0.15, 0.2) is 11.5 Å². The van der Waals surface area contributed by atoms with E-state index in [0.29, 0.717) is 23.8 Å². The second-order valence-electron chi connectivity index (χ2n) is 4.95. The number of hydrogen-bond donors (Lipinski definition) is 1. The molecule has 1 fully saturated rings. The molecule has 0 spiro atoms. The summed E-state index contributed by atoms with van der Waals surface area (Å²) in [7, 11) is 4.44. The summed E-state index contributed by atoms with van der Waals surface area (Å²) < 4.78 is 10.3. The highest BCUT2D eigenvalue weighted by Gasteiger charge is 2.52. The number of nitrogens with one attached hydrogen (secondary N) is 1. The van der Waals surface area contributed by atoms with Crippen molar-refractivity contribution >= 4 is 34.9 Å². The molecule has 1 aliphatic rings. The van der Waals surface area contributed by atoms with E-state index in [-0.39, 0.29) is 5.92 Å². The Labute approximate surface area is 139 Å². The Balaban J connectivity index is 1.99. The topological polar surface area (TPSA) is 60.0 Å². The van der Waals surface area contributed by atoms with Gasteiger partial charge in [0.1, 0.15) is 4.33 Å². The van der Waals surface area contributed by atoms with Gasteiger partial charge in [-0.2, -0.15) is 0 Å². The normalized spacial score (nSPS) is 18.5. The molecule has 1 N–H and O–H groups in total. The predicted molar refractivity (Wildman–Crippen MR) is 84.8 cm³/mol. The fraction of sp³-hybridized carbons (Fsp3) is 0.500. The summed E-state index contributed by atoms with van der Waals surface area (Å²) in [6.45, 7) is 0.418. The largest absolute Gasteiger partial charge is 0.493 e. The molecule has 2 amide bonds. The van der Waals surface area contributed by atoms with E-state index in [2.05, 4.69) is 5.32 Å². The zero-order valence-electron chi connectivity index (χ0n) is 12.6. The van der Waals surface area contributed by atoms with Gasteiger partial charge in [-0.05, 0) is 18.6 Å². The first-order valence-electron chi connectivity index (χ1n) is 6.65. The Bertz CT molecular complexity index is 554. The number of nitrogens with zero attached hydrogens (tertiary/aromatic N) is 1. The first kappa shape index (κ1) is 17.0. The van der Waals surface area contributed by atoms with E-state index in [1.165, 1.54) is 21.3 Å². The molecule has 1 aromatic carbocycles. The van der Waals surface area contributed by atoms with Gasteiger partial charge in [0.05, 0.1) is 20.8 Å². The second-order valence-corrected chi connectivity index (χ2v) is 6.49. The van der Waals surface area contributed by atoms with Crippen molar-refractivity contribution < 1.29 is 19.1 Å². The molecule has 6 nitrogen and oxygen atoms in total. The zero-order valence-corrected chi connectivity index (χ0v) is 14.1. The number of carbonyl (C=O) groups is 1. The smallest absolute Gasteiger partial charge is 0.345 e. The highest BCUT2D eigenvalue weighted by molar-refractivity contribution is 6.50. The molecule has 1 aromatic rings. The number of methoxy groups -OCH3 is 1. The fourth-order valence-corrected chi connectivity index (χ4v) is 2.29. The number of carbonyl (C=O) groups excluding carboxylic acids is 1. The van der Waals surface area contributed by atoms with E-state index >= 15 is 0 Å². The third kappa shape index (κ3) is 4.09. The van der Waals surface area contributed by atoms with Gasteiger partial charge in [0.25, 0.3) is 0 Å². The van der Waals surface area contributed by atoms with Gasteiger partial charge >= 0.3 is 6.03 Å².